The van der Waals surface area contributed by atoms with Crippen molar-refractivity contribution in [1.82, 2.24) is 0 Å². The van der Waals surface area contributed by atoms with Gasteiger partial charge in [-0.05, 0) is 68.1 Å². The summed E-state index contributed by atoms with van der Waals surface area (Å²) >= 11 is 0. The highest BCUT2D eigenvalue weighted by molar-refractivity contribution is 5.75. The van der Waals surface area contributed by atoms with Gasteiger partial charge in [-0.25, -0.2) is 0 Å². The number of carboxylic acid groups (broad SMARTS) is 1. The van der Waals surface area contributed by atoms with Crippen molar-refractivity contribution in [3.63, 3.8) is 0 Å². The molecule has 4 heteroatoms. The lowest BCUT2D eigenvalue weighted by Crippen LogP contribution is -2.62. The number of carboxylic acids is 1. The minimum atomic E-state index is -0.751. The molecule has 0 spiro atoms. The Bertz CT molecular complexity index is 504. The largest absolute Gasteiger partial charge is 0.481 e. The van der Waals surface area contributed by atoms with E-state index in [0.29, 0.717) is 18.8 Å². The lowest BCUT2D eigenvalue weighted by molar-refractivity contribution is -0.207. The molecular weight excluding hydrogens is 304 g/mol. The molecule has 3 fully saturated rings. The van der Waals surface area contributed by atoms with E-state index in [-0.39, 0.29) is 29.1 Å². The second kappa shape index (κ2) is 5.98. The molecular formula is C20H34O4. The Kier molecular flexibility index (Phi) is 4.53. The zero-order valence-electron chi connectivity index (χ0n) is 15.5. The standard InChI is InChI=1S/C20H34O4/c1-11(2)12-6-7-13-16(17(12)22)14(21)10-15-19(13,3)8-5-9-20(15,4)18(23)24/h11-17,21-22H,5-10H2,1-4H3,(H,23,24). The van der Waals surface area contributed by atoms with Gasteiger partial charge in [0.2, 0.25) is 0 Å². The lowest BCUT2D eigenvalue weighted by Gasteiger charge is -2.62. The van der Waals surface area contributed by atoms with Gasteiger partial charge >= 0.3 is 5.97 Å². The molecule has 0 radical (unpaired) electrons. The summed E-state index contributed by atoms with van der Waals surface area (Å²) in [5.41, 5.74) is -0.836. The van der Waals surface area contributed by atoms with Crippen LogP contribution in [0.3, 0.4) is 0 Å². The number of aliphatic carboxylic acids is 1. The Morgan fingerprint density at radius 3 is 2.38 bits per heavy atom. The van der Waals surface area contributed by atoms with Crippen LogP contribution in [0, 0.1) is 40.4 Å². The third kappa shape index (κ3) is 2.44. The normalized spacial score (nSPS) is 51.8. The Hall–Kier alpha value is -0.610. The van der Waals surface area contributed by atoms with E-state index in [2.05, 4.69) is 20.8 Å². The molecule has 0 bridgehead atoms. The van der Waals surface area contributed by atoms with Gasteiger partial charge in [-0.1, -0.05) is 27.2 Å². The van der Waals surface area contributed by atoms with Crippen molar-refractivity contribution in [3.05, 3.63) is 0 Å². The van der Waals surface area contributed by atoms with Crippen LogP contribution in [-0.4, -0.2) is 33.5 Å². The summed E-state index contributed by atoms with van der Waals surface area (Å²) < 4.78 is 0. The number of hydrogen-bond acceptors (Lipinski definition) is 3. The smallest absolute Gasteiger partial charge is 0.309 e. The van der Waals surface area contributed by atoms with Crippen molar-refractivity contribution < 1.29 is 20.1 Å². The van der Waals surface area contributed by atoms with Gasteiger partial charge < -0.3 is 15.3 Å². The highest BCUT2D eigenvalue weighted by atomic mass is 16.4. The molecule has 0 aromatic carbocycles. The minimum absolute atomic E-state index is 0.00435. The maximum Gasteiger partial charge on any atom is 0.309 e. The van der Waals surface area contributed by atoms with Crippen LogP contribution in [0.5, 0.6) is 0 Å². The van der Waals surface area contributed by atoms with Crippen molar-refractivity contribution in [2.45, 2.75) is 78.4 Å². The molecule has 3 aliphatic carbocycles. The first-order chi connectivity index (χ1) is 11.1. The Balaban J connectivity index is 1.97. The van der Waals surface area contributed by atoms with Gasteiger partial charge in [0, 0.05) is 5.92 Å². The molecule has 3 aliphatic rings. The molecule has 0 saturated heterocycles. The van der Waals surface area contributed by atoms with Crippen LogP contribution in [0.15, 0.2) is 0 Å². The second-order valence-corrected chi connectivity index (χ2v) is 9.60. The van der Waals surface area contributed by atoms with Gasteiger partial charge in [0.05, 0.1) is 17.6 Å². The molecule has 3 saturated carbocycles. The molecule has 8 unspecified atom stereocenters. The van der Waals surface area contributed by atoms with Gasteiger partial charge in [-0.3, -0.25) is 4.79 Å². The molecule has 0 amide bonds. The van der Waals surface area contributed by atoms with Gasteiger partial charge in [0.15, 0.2) is 0 Å². The predicted molar refractivity (Wildman–Crippen MR) is 92.4 cm³/mol. The summed E-state index contributed by atoms with van der Waals surface area (Å²) in [4.78, 5) is 12.0. The first-order valence-corrected chi connectivity index (χ1v) is 9.72. The zero-order chi connectivity index (χ0) is 17.9. The fourth-order valence-corrected chi connectivity index (χ4v) is 6.79. The van der Waals surface area contributed by atoms with Crippen molar-refractivity contribution in [1.29, 1.82) is 0 Å². The Morgan fingerprint density at radius 1 is 1.12 bits per heavy atom. The first-order valence-electron chi connectivity index (χ1n) is 9.72. The van der Waals surface area contributed by atoms with Crippen LogP contribution in [0.4, 0.5) is 0 Å². The highest BCUT2D eigenvalue weighted by Crippen LogP contribution is 2.64. The quantitative estimate of drug-likeness (QED) is 0.722. The van der Waals surface area contributed by atoms with E-state index in [1.165, 1.54) is 0 Å². The van der Waals surface area contributed by atoms with Gasteiger partial charge in [-0.15, -0.1) is 0 Å². The number of aliphatic hydroxyl groups excluding tert-OH is 2. The van der Waals surface area contributed by atoms with Crippen molar-refractivity contribution in [2.75, 3.05) is 0 Å². The van der Waals surface area contributed by atoms with E-state index in [1.54, 1.807) is 0 Å². The van der Waals surface area contributed by atoms with Crippen LogP contribution < -0.4 is 0 Å². The minimum Gasteiger partial charge on any atom is -0.481 e. The summed E-state index contributed by atoms with van der Waals surface area (Å²) in [7, 11) is 0. The fraction of sp³-hybridized carbons (Fsp3) is 0.950. The van der Waals surface area contributed by atoms with Crippen molar-refractivity contribution in [2.24, 2.45) is 40.4 Å². The monoisotopic (exact) mass is 338 g/mol. The highest BCUT2D eigenvalue weighted by Gasteiger charge is 2.63. The van der Waals surface area contributed by atoms with Gasteiger partial charge in [-0.2, -0.15) is 0 Å². The van der Waals surface area contributed by atoms with Gasteiger partial charge in [0.1, 0.15) is 0 Å². The lowest BCUT2D eigenvalue weighted by atomic mass is 9.42. The molecule has 0 heterocycles. The maximum atomic E-state index is 12.0. The molecule has 3 N–H and O–H groups in total. The number of fused-ring (bicyclic) bond motifs is 3. The van der Waals surface area contributed by atoms with Crippen LogP contribution in [0.25, 0.3) is 0 Å². The van der Waals surface area contributed by atoms with E-state index in [1.807, 2.05) is 6.92 Å². The summed E-state index contributed by atoms with van der Waals surface area (Å²) in [6, 6.07) is 0. The van der Waals surface area contributed by atoms with Crippen LogP contribution in [-0.2, 0) is 4.79 Å². The molecule has 0 aromatic rings. The molecule has 0 aliphatic heterocycles. The molecule has 3 rings (SSSR count). The molecule has 4 nitrogen and oxygen atoms in total. The molecule has 0 aromatic heterocycles. The third-order valence-corrected chi connectivity index (χ3v) is 8.20. The average Bonchev–Trinajstić information content (AvgIpc) is 2.49. The average molecular weight is 338 g/mol. The number of hydrogen-bond donors (Lipinski definition) is 3. The fourth-order valence-electron chi connectivity index (χ4n) is 6.79. The SMILES string of the molecule is CC(C)C1CCC2C(C(O)CC3C(C)(C(=O)O)CCCC23C)C1O. The molecule has 24 heavy (non-hydrogen) atoms. The summed E-state index contributed by atoms with van der Waals surface area (Å²) in [5, 5.41) is 31.7. The third-order valence-electron chi connectivity index (χ3n) is 8.20. The number of carbonyl (C=O) groups is 1. The zero-order valence-corrected chi connectivity index (χ0v) is 15.5. The topological polar surface area (TPSA) is 77.8 Å². The summed E-state index contributed by atoms with van der Waals surface area (Å²) in [6.07, 6.45) is 4.11. The second-order valence-electron chi connectivity index (χ2n) is 9.60. The van der Waals surface area contributed by atoms with E-state index in [9.17, 15) is 20.1 Å². The first kappa shape index (κ1) is 18.2. The van der Waals surface area contributed by atoms with Crippen molar-refractivity contribution in [3.8, 4) is 0 Å². The Morgan fingerprint density at radius 2 is 1.79 bits per heavy atom. The Labute approximate surface area is 145 Å². The summed E-state index contributed by atoms with van der Waals surface area (Å²) in [6.45, 7) is 8.41. The van der Waals surface area contributed by atoms with E-state index >= 15 is 0 Å². The van der Waals surface area contributed by atoms with Crippen LogP contribution in [0.2, 0.25) is 0 Å². The van der Waals surface area contributed by atoms with E-state index < -0.39 is 23.6 Å². The molecule has 8 atom stereocenters. The van der Waals surface area contributed by atoms with E-state index in [4.69, 9.17) is 0 Å². The predicted octanol–water partition coefficient (Wildman–Crippen LogP) is 3.31. The van der Waals surface area contributed by atoms with Crippen LogP contribution >= 0.6 is 0 Å². The van der Waals surface area contributed by atoms with Gasteiger partial charge in [0.25, 0.3) is 0 Å². The number of aliphatic hydroxyl groups is 2. The van der Waals surface area contributed by atoms with Crippen LogP contribution in [0.1, 0.15) is 66.2 Å². The summed E-state index contributed by atoms with van der Waals surface area (Å²) in [5.74, 6) is 0.0689. The van der Waals surface area contributed by atoms with E-state index in [0.717, 1.165) is 25.7 Å². The number of rotatable bonds is 2. The van der Waals surface area contributed by atoms with Crippen molar-refractivity contribution >= 4 is 5.97 Å². The molecule has 138 valence electrons. The maximum absolute atomic E-state index is 12.0.